The molecule has 0 fully saturated rings. The Morgan fingerprint density at radius 2 is 1.17 bits per heavy atom. The third kappa shape index (κ3) is 4.26. The third-order valence-corrected chi connectivity index (χ3v) is 17.3. The number of para-hydroxylation sites is 1. The Morgan fingerprint density at radius 3 is 1.95 bits per heavy atom. The first-order valence-electron chi connectivity index (χ1n) is 23.7. The highest BCUT2D eigenvalue weighted by Crippen LogP contribution is 2.60. The highest BCUT2D eigenvalue weighted by atomic mass is 15.1. The summed E-state index contributed by atoms with van der Waals surface area (Å²) in [6.07, 6.45) is 2.38. The molecule has 0 amide bonds. The van der Waals surface area contributed by atoms with Gasteiger partial charge in [-0.15, -0.1) is 0 Å². The predicted molar refractivity (Wildman–Crippen MR) is 272 cm³/mol. The fraction of sp³-hybridized carbons (Fsp3) is 0.246. The van der Waals surface area contributed by atoms with Gasteiger partial charge in [-0.1, -0.05) is 165 Å². The number of hydrogen-bond acceptors (Lipinski definition) is 1. The highest BCUT2D eigenvalue weighted by molar-refractivity contribution is 6.94. The Bertz CT molecular complexity index is 3650. The lowest BCUT2D eigenvalue weighted by molar-refractivity contribution is 0.332. The lowest BCUT2D eigenvalue weighted by atomic mass is 9.43. The van der Waals surface area contributed by atoms with Gasteiger partial charge < -0.3 is 9.38 Å². The molecular formula is C61H53BN2. The lowest BCUT2D eigenvalue weighted by Gasteiger charge is -2.47. The standard InChI is InChI=1S/C61H53BN2/c1-34-31-44-45(59(4,5)30-29-58(44,2)3)33-50(34)64-49-28-26-38-37-19-12-14-22-42(37)61(8,9)54(38)53(49)41-32-46-52(39-20-13-15-23-43(39)60(46,6)7)57-55(41)62(64)47-24-16-21-40-51-36-18-11-10-17-35(36)25-27-48(51)63(57)56(40)47/h10-28,31-33H,29-30H2,1-9H3. The van der Waals surface area contributed by atoms with E-state index >= 15 is 0 Å². The molecule has 0 radical (unpaired) electrons. The summed E-state index contributed by atoms with van der Waals surface area (Å²) >= 11 is 0. The van der Waals surface area contributed by atoms with Crippen LogP contribution in [0.1, 0.15) is 107 Å². The predicted octanol–water partition coefficient (Wildman–Crippen LogP) is 14.4. The Morgan fingerprint density at radius 1 is 0.500 bits per heavy atom. The number of rotatable bonds is 1. The maximum Gasteiger partial charge on any atom is 0.333 e. The number of fused-ring (bicyclic) bond motifs is 18. The molecule has 0 spiro atoms. The summed E-state index contributed by atoms with van der Waals surface area (Å²) in [5.74, 6) is 0. The van der Waals surface area contributed by atoms with Crippen LogP contribution in [0.5, 0.6) is 0 Å². The number of nitrogens with zero attached hydrogens (tertiary/aromatic N) is 2. The number of hydrogen-bond donors (Lipinski definition) is 0. The van der Waals surface area contributed by atoms with Gasteiger partial charge >= 0.3 is 6.85 Å². The Balaban J connectivity index is 1.22. The zero-order valence-electron chi connectivity index (χ0n) is 38.6. The minimum absolute atomic E-state index is 0.0622. The van der Waals surface area contributed by atoms with E-state index in [4.69, 9.17) is 0 Å². The van der Waals surface area contributed by atoms with Crippen molar-refractivity contribution in [2.24, 2.45) is 0 Å². The molecule has 8 aromatic carbocycles. The van der Waals surface area contributed by atoms with E-state index in [-0.39, 0.29) is 28.5 Å². The highest BCUT2D eigenvalue weighted by Gasteiger charge is 2.51. The van der Waals surface area contributed by atoms with Gasteiger partial charge in [-0.25, -0.2) is 0 Å². The van der Waals surface area contributed by atoms with Crippen molar-refractivity contribution in [1.82, 2.24) is 4.57 Å². The number of aryl methyl sites for hydroxylation is 1. The van der Waals surface area contributed by atoms with Crippen molar-refractivity contribution in [3.05, 3.63) is 172 Å². The fourth-order valence-corrected chi connectivity index (χ4v) is 14.0. The van der Waals surface area contributed by atoms with Crippen molar-refractivity contribution in [3.8, 4) is 39.1 Å². The van der Waals surface area contributed by atoms with Gasteiger partial charge in [0.15, 0.2) is 0 Å². The fourth-order valence-electron chi connectivity index (χ4n) is 14.0. The van der Waals surface area contributed by atoms with E-state index in [1.54, 1.807) is 0 Å². The average Bonchev–Trinajstić information content (AvgIpc) is 3.84. The molecule has 3 heteroatoms. The molecule has 5 aliphatic rings. The summed E-state index contributed by atoms with van der Waals surface area (Å²) in [5, 5.41) is 5.28. The number of benzene rings is 8. The van der Waals surface area contributed by atoms with E-state index in [0.29, 0.717) is 0 Å². The lowest BCUT2D eigenvalue weighted by Crippen LogP contribution is -2.61. The van der Waals surface area contributed by atoms with Crippen LogP contribution in [0.2, 0.25) is 0 Å². The summed E-state index contributed by atoms with van der Waals surface area (Å²) in [5.41, 5.74) is 27.6. The topological polar surface area (TPSA) is 8.17 Å². The minimum atomic E-state index is -0.212. The van der Waals surface area contributed by atoms with E-state index in [1.165, 1.54) is 146 Å². The van der Waals surface area contributed by atoms with Crippen LogP contribution in [-0.2, 0) is 21.7 Å². The molecule has 0 bridgehead atoms. The van der Waals surface area contributed by atoms with Crippen molar-refractivity contribution in [2.45, 2.75) is 96.8 Å². The average molecular weight is 825 g/mol. The molecule has 1 aromatic heterocycles. The third-order valence-electron chi connectivity index (χ3n) is 17.3. The van der Waals surface area contributed by atoms with Gasteiger partial charge in [-0.3, -0.25) is 0 Å². The largest absolute Gasteiger partial charge is 0.376 e. The smallest absolute Gasteiger partial charge is 0.333 e. The first-order valence-corrected chi connectivity index (χ1v) is 23.7. The minimum Gasteiger partial charge on any atom is -0.376 e. The quantitative estimate of drug-likeness (QED) is 0.150. The van der Waals surface area contributed by atoms with E-state index < -0.39 is 0 Å². The summed E-state index contributed by atoms with van der Waals surface area (Å²) in [4.78, 5) is 2.83. The molecule has 0 saturated heterocycles. The van der Waals surface area contributed by atoms with E-state index in [0.717, 1.165) is 0 Å². The zero-order valence-corrected chi connectivity index (χ0v) is 38.6. The van der Waals surface area contributed by atoms with Crippen LogP contribution < -0.4 is 15.7 Å². The molecule has 3 aliphatic carbocycles. The Labute approximate surface area is 377 Å². The van der Waals surface area contributed by atoms with Crippen molar-refractivity contribution in [1.29, 1.82) is 0 Å². The van der Waals surface area contributed by atoms with Gasteiger partial charge in [0.1, 0.15) is 0 Å². The molecule has 0 unspecified atom stereocenters. The normalized spacial score (nSPS) is 18.1. The van der Waals surface area contributed by atoms with Crippen LogP contribution >= 0.6 is 0 Å². The summed E-state index contributed by atoms with van der Waals surface area (Å²) in [7, 11) is 0. The molecule has 3 heterocycles. The van der Waals surface area contributed by atoms with Crippen LogP contribution in [0.3, 0.4) is 0 Å². The summed E-state index contributed by atoms with van der Waals surface area (Å²) in [6.45, 7) is 22.1. The Kier molecular flexibility index (Phi) is 6.77. The van der Waals surface area contributed by atoms with E-state index in [2.05, 4.69) is 205 Å². The maximum atomic E-state index is 2.83. The van der Waals surface area contributed by atoms with Gasteiger partial charge in [0, 0.05) is 44.1 Å². The summed E-state index contributed by atoms with van der Waals surface area (Å²) in [6, 6.07) is 52.4. The number of aromatic nitrogens is 1. The first kappa shape index (κ1) is 37.1. The second-order valence-electron chi connectivity index (χ2n) is 22.3. The zero-order chi connectivity index (χ0) is 43.6. The van der Waals surface area contributed by atoms with Gasteiger partial charge in [0.05, 0.1) is 16.7 Å². The van der Waals surface area contributed by atoms with E-state index in [9.17, 15) is 0 Å². The maximum absolute atomic E-state index is 2.83. The molecule has 14 rings (SSSR count). The Hall–Kier alpha value is -6.32. The van der Waals surface area contributed by atoms with Crippen molar-refractivity contribution >= 4 is 61.7 Å². The second kappa shape index (κ2) is 11.7. The second-order valence-corrected chi connectivity index (χ2v) is 22.3. The van der Waals surface area contributed by atoms with E-state index in [1.807, 2.05) is 0 Å². The molecule has 64 heavy (non-hydrogen) atoms. The van der Waals surface area contributed by atoms with Crippen molar-refractivity contribution in [3.63, 3.8) is 0 Å². The van der Waals surface area contributed by atoms with Crippen molar-refractivity contribution < 1.29 is 0 Å². The van der Waals surface area contributed by atoms with Crippen LogP contribution in [0.4, 0.5) is 11.4 Å². The molecule has 0 saturated carbocycles. The monoisotopic (exact) mass is 824 g/mol. The molecule has 0 N–H and O–H groups in total. The van der Waals surface area contributed by atoms with Gasteiger partial charge in [-0.2, -0.15) is 0 Å². The van der Waals surface area contributed by atoms with Gasteiger partial charge in [0.2, 0.25) is 0 Å². The summed E-state index contributed by atoms with van der Waals surface area (Å²) < 4.78 is 2.73. The van der Waals surface area contributed by atoms with Crippen LogP contribution in [0, 0.1) is 6.92 Å². The van der Waals surface area contributed by atoms with Gasteiger partial charge in [0.25, 0.3) is 0 Å². The molecular weight excluding hydrogens is 771 g/mol. The SMILES string of the molecule is Cc1cc2c(cc1N1B3c4c(cc5c(c4-n4c6ccc7ccccc7c6c6cccc3c64)-c3ccccc3C5(C)C)-c3c1ccc1c3C(C)(C)c3ccccc3-1)C(C)(C)CCC2(C)C. The molecule has 0 atom stereocenters. The van der Waals surface area contributed by atoms with Crippen LogP contribution in [-0.4, -0.2) is 11.4 Å². The van der Waals surface area contributed by atoms with Crippen LogP contribution in [0.15, 0.2) is 133 Å². The van der Waals surface area contributed by atoms with Crippen LogP contribution in [0.25, 0.3) is 71.6 Å². The first-order chi connectivity index (χ1) is 30.7. The number of anilines is 2. The molecule has 2 nitrogen and oxygen atoms in total. The molecule has 310 valence electrons. The van der Waals surface area contributed by atoms with Crippen molar-refractivity contribution in [2.75, 3.05) is 4.81 Å². The molecule has 9 aromatic rings. The van der Waals surface area contributed by atoms with Gasteiger partial charge in [-0.05, 0) is 138 Å². The molecule has 2 aliphatic heterocycles.